The number of carbonyl (C=O) groups excluding carboxylic acids is 3. The van der Waals surface area contributed by atoms with E-state index in [1.807, 2.05) is 0 Å². The van der Waals surface area contributed by atoms with Crippen molar-refractivity contribution < 1.29 is 24.2 Å². The van der Waals surface area contributed by atoms with Crippen molar-refractivity contribution in [3.63, 3.8) is 0 Å². The van der Waals surface area contributed by atoms with Crippen LogP contribution in [0.2, 0.25) is 0 Å². The van der Waals surface area contributed by atoms with Crippen molar-refractivity contribution in [3.05, 3.63) is 59.7 Å². The van der Waals surface area contributed by atoms with Gasteiger partial charge in [0.1, 0.15) is 12.4 Å². The SMILES string of the molecule is O=C(NCc1cccc(O)c1)C(=O)Nc1ccc(CN2CCOC2=O)cc1. The van der Waals surface area contributed by atoms with Crippen LogP contribution in [-0.4, -0.2) is 41.1 Å². The number of benzene rings is 2. The summed E-state index contributed by atoms with van der Waals surface area (Å²) < 4.78 is 4.87. The quantitative estimate of drug-likeness (QED) is 0.694. The molecule has 3 rings (SSSR count). The fourth-order valence-corrected chi connectivity index (χ4v) is 2.60. The van der Waals surface area contributed by atoms with Gasteiger partial charge in [-0.15, -0.1) is 0 Å². The van der Waals surface area contributed by atoms with E-state index in [2.05, 4.69) is 10.6 Å². The summed E-state index contributed by atoms with van der Waals surface area (Å²) in [6, 6.07) is 13.3. The molecule has 8 heteroatoms. The molecule has 1 heterocycles. The number of nitrogens with one attached hydrogen (secondary N) is 2. The minimum Gasteiger partial charge on any atom is -0.508 e. The number of ether oxygens (including phenoxy) is 1. The molecule has 0 unspecified atom stereocenters. The normalized spacial score (nSPS) is 13.2. The number of hydrogen-bond donors (Lipinski definition) is 3. The molecule has 8 nitrogen and oxygen atoms in total. The van der Waals surface area contributed by atoms with Gasteiger partial charge in [0, 0.05) is 18.8 Å². The van der Waals surface area contributed by atoms with Crippen LogP contribution in [0, 0.1) is 0 Å². The lowest BCUT2D eigenvalue weighted by molar-refractivity contribution is -0.136. The van der Waals surface area contributed by atoms with Crippen LogP contribution in [0.25, 0.3) is 0 Å². The highest BCUT2D eigenvalue weighted by Gasteiger charge is 2.21. The van der Waals surface area contributed by atoms with E-state index in [0.29, 0.717) is 30.9 Å². The lowest BCUT2D eigenvalue weighted by Gasteiger charge is -2.13. The number of nitrogens with zero attached hydrogens (tertiary/aromatic N) is 1. The largest absolute Gasteiger partial charge is 0.508 e. The molecule has 1 aliphatic heterocycles. The lowest BCUT2D eigenvalue weighted by atomic mass is 10.2. The highest BCUT2D eigenvalue weighted by atomic mass is 16.6. The summed E-state index contributed by atoms with van der Waals surface area (Å²) in [6.07, 6.45) is -0.337. The maximum atomic E-state index is 12.0. The second-order valence-corrected chi connectivity index (χ2v) is 6.04. The summed E-state index contributed by atoms with van der Waals surface area (Å²) in [6.45, 7) is 1.50. The Morgan fingerprint density at radius 3 is 2.52 bits per heavy atom. The summed E-state index contributed by atoms with van der Waals surface area (Å²) in [5.74, 6) is -1.47. The molecule has 0 aliphatic carbocycles. The molecule has 2 aromatic rings. The summed E-state index contributed by atoms with van der Waals surface area (Å²) in [5.41, 5.74) is 2.04. The summed E-state index contributed by atoms with van der Waals surface area (Å²) in [5, 5.41) is 14.4. The minimum absolute atomic E-state index is 0.0912. The van der Waals surface area contributed by atoms with Crippen LogP contribution in [0.4, 0.5) is 10.5 Å². The number of anilines is 1. The average Bonchev–Trinajstić information content (AvgIpc) is 3.06. The molecule has 2 aromatic carbocycles. The molecular weight excluding hydrogens is 350 g/mol. The zero-order valence-corrected chi connectivity index (χ0v) is 14.5. The Labute approximate surface area is 155 Å². The molecule has 0 bridgehead atoms. The van der Waals surface area contributed by atoms with Gasteiger partial charge in [-0.3, -0.25) is 9.59 Å². The first-order valence-corrected chi connectivity index (χ1v) is 8.39. The number of phenols is 1. The Kier molecular flexibility index (Phi) is 5.55. The van der Waals surface area contributed by atoms with Gasteiger partial charge < -0.3 is 25.4 Å². The molecule has 1 saturated heterocycles. The van der Waals surface area contributed by atoms with E-state index in [-0.39, 0.29) is 18.4 Å². The van der Waals surface area contributed by atoms with Crippen LogP contribution in [-0.2, 0) is 27.4 Å². The molecule has 3 amide bonds. The van der Waals surface area contributed by atoms with Crippen LogP contribution in [0.1, 0.15) is 11.1 Å². The fourth-order valence-electron chi connectivity index (χ4n) is 2.60. The smallest absolute Gasteiger partial charge is 0.410 e. The van der Waals surface area contributed by atoms with Crippen molar-refractivity contribution in [2.24, 2.45) is 0 Å². The number of cyclic esters (lactones) is 1. The molecule has 3 N–H and O–H groups in total. The van der Waals surface area contributed by atoms with E-state index in [1.54, 1.807) is 41.3 Å². The van der Waals surface area contributed by atoms with Crippen LogP contribution in [0.5, 0.6) is 5.75 Å². The van der Waals surface area contributed by atoms with Crippen molar-refractivity contribution in [2.45, 2.75) is 13.1 Å². The summed E-state index contributed by atoms with van der Waals surface area (Å²) >= 11 is 0. The number of carbonyl (C=O) groups is 3. The first kappa shape index (κ1) is 18.2. The van der Waals surface area contributed by atoms with E-state index in [1.165, 1.54) is 12.1 Å². The predicted octanol–water partition coefficient (Wildman–Crippen LogP) is 1.60. The molecule has 1 aliphatic rings. The Morgan fingerprint density at radius 2 is 1.85 bits per heavy atom. The average molecular weight is 369 g/mol. The zero-order chi connectivity index (χ0) is 19.2. The second-order valence-electron chi connectivity index (χ2n) is 6.04. The van der Waals surface area contributed by atoms with Crippen molar-refractivity contribution in [1.82, 2.24) is 10.2 Å². The summed E-state index contributed by atoms with van der Waals surface area (Å²) in [7, 11) is 0. The Morgan fingerprint density at radius 1 is 1.07 bits per heavy atom. The first-order chi connectivity index (χ1) is 13.0. The van der Waals surface area contributed by atoms with E-state index >= 15 is 0 Å². The second kappa shape index (κ2) is 8.22. The van der Waals surface area contributed by atoms with Crippen molar-refractivity contribution in [2.75, 3.05) is 18.5 Å². The fraction of sp³-hybridized carbons (Fsp3) is 0.211. The van der Waals surface area contributed by atoms with Crippen LogP contribution < -0.4 is 10.6 Å². The number of rotatable bonds is 5. The topological polar surface area (TPSA) is 108 Å². The van der Waals surface area contributed by atoms with Gasteiger partial charge >= 0.3 is 17.9 Å². The van der Waals surface area contributed by atoms with Gasteiger partial charge in [-0.1, -0.05) is 24.3 Å². The standard InChI is InChI=1S/C19H19N3O5/c23-16-3-1-2-14(10-16)11-20-17(24)18(25)21-15-6-4-13(5-7-15)12-22-8-9-27-19(22)26/h1-7,10,23H,8-9,11-12H2,(H,20,24)(H,21,25). The molecule has 140 valence electrons. The van der Waals surface area contributed by atoms with Crippen LogP contribution in [0.15, 0.2) is 48.5 Å². The van der Waals surface area contributed by atoms with Crippen molar-refractivity contribution in [3.8, 4) is 5.75 Å². The third-order valence-corrected chi connectivity index (χ3v) is 4.00. The Hall–Kier alpha value is -3.55. The van der Waals surface area contributed by atoms with Crippen molar-refractivity contribution in [1.29, 1.82) is 0 Å². The van der Waals surface area contributed by atoms with E-state index in [4.69, 9.17) is 4.74 Å². The predicted molar refractivity (Wildman–Crippen MR) is 96.8 cm³/mol. The van der Waals surface area contributed by atoms with Gasteiger partial charge in [0.05, 0.1) is 6.54 Å². The third kappa shape index (κ3) is 4.97. The van der Waals surface area contributed by atoms with Gasteiger partial charge in [-0.25, -0.2) is 4.79 Å². The van der Waals surface area contributed by atoms with Gasteiger partial charge in [0.15, 0.2) is 0 Å². The highest BCUT2D eigenvalue weighted by Crippen LogP contribution is 2.14. The van der Waals surface area contributed by atoms with Crippen molar-refractivity contribution >= 4 is 23.6 Å². The number of aromatic hydroxyl groups is 1. The maximum Gasteiger partial charge on any atom is 0.410 e. The van der Waals surface area contributed by atoms with Gasteiger partial charge in [0.25, 0.3) is 0 Å². The molecule has 0 spiro atoms. The summed E-state index contributed by atoms with van der Waals surface area (Å²) in [4.78, 5) is 36.9. The zero-order valence-electron chi connectivity index (χ0n) is 14.5. The number of amides is 3. The molecular formula is C19H19N3O5. The molecule has 0 atom stereocenters. The number of hydrogen-bond acceptors (Lipinski definition) is 5. The third-order valence-electron chi connectivity index (χ3n) is 4.00. The molecule has 0 aromatic heterocycles. The van der Waals surface area contributed by atoms with E-state index in [0.717, 1.165) is 5.56 Å². The van der Waals surface area contributed by atoms with Gasteiger partial charge in [-0.05, 0) is 35.4 Å². The molecule has 0 radical (unpaired) electrons. The molecule has 0 saturated carbocycles. The Balaban J connectivity index is 1.49. The highest BCUT2D eigenvalue weighted by molar-refractivity contribution is 6.39. The van der Waals surface area contributed by atoms with Crippen LogP contribution in [0.3, 0.4) is 0 Å². The van der Waals surface area contributed by atoms with Gasteiger partial charge in [0.2, 0.25) is 0 Å². The van der Waals surface area contributed by atoms with E-state index < -0.39 is 11.8 Å². The maximum absolute atomic E-state index is 12.0. The lowest BCUT2D eigenvalue weighted by Crippen LogP contribution is -2.34. The Bertz CT molecular complexity index is 851. The van der Waals surface area contributed by atoms with Crippen LogP contribution >= 0.6 is 0 Å². The minimum atomic E-state index is -0.786. The van der Waals surface area contributed by atoms with E-state index in [9.17, 15) is 19.5 Å². The molecule has 27 heavy (non-hydrogen) atoms. The van der Waals surface area contributed by atoms with Gasteiger partial charge in [-0.2, -0.15) is 0 Å². The first-order valence-electron chi connectivity index (χ1n) is 8.39. The monoisotopic (exact) mass is 369 g/mol. The number of phenolic OH excluding ortho intramolecular Hbond substituents is 1. The molecule has 1 fully saturated rings.